The molecule has 0 spiro atoms. The summed E-state index contributed by atoms with van der Waals surface area (Å²) in [5.74, 6) is 2.59. The molecule has 0 amide bonds. The molecule has 0 unspecified atom stereocenters. The molecule has 0 bridgehead atoms. The SMILES string of the molecule is CCN(CC)CCCNC(=NC)NCc1ccccc1OCC1CC1. The third kappa shape index (κ3) is 7.34. The second-order valence-corrected chi connectivity index (χ2v) is 6.60. The Labute approximate surface area is 152 Å². The molecular weight excluding hydrogens is 312 g/mol. The van der Waals surface area contributed by atoms with E-state index in [-0.39, 0.29) is 0 Å². The Kier molecular flexibility index (Phi) is 8.60. The fourth-order valence-electron chi connectivity index (χ4n) is 2.73. The maximum atomic E-state index is 5.97. The molecule has 0 atom stereocenters. The Morgan fingerprint density at radius 3 is 2.64 bits per heavy atom. The Morgan fingerprint density at radius 1 is 1.20 bits per heavy atom. The molecule has 1 aliphatic carbocycles. The smallest absolute Gasteiger partial charge is 0.191 e. The van der Waals surface area contributed by atoms with E-state index in [1.807, 2.05) is 13.1 Å². The van der Waals surface area contributed by atoms with Gasteiger partial charge in [0, 0.05) is 25.7 Å². The number of nitrogens with one attached hydrogen (secondary N) is 2. The van der Waals surface area contributed by atoms with Gasteiger partial charge < -0.3 is 20.3 Å². The summed E-state index contributed by atoms with van der Waals surface area (Å²) in [5, 5.41) is 6.79. The zero-order valence-electron chi connectivity index (χ0n) is 16.1. The Balaban J connectivity index is 1.72. The fraction of sp³-hybridized carbons (Fsp3) is 0.650. The van der Waals surface area contributed by atoms with Crippen LogP contribution in [0.15, 0.2) is 29.3 Å². The number of hydrogen-bond acceptors (Lipinski definition) is 3. The number of benzene rings is 1. The van der Waals surface area contributed by atoms with E-state index in [0.717, 1.165) is 63.4 Å². The molecule has 0 aliphatic heterocycles. The molecule has 0 saturated heterocycles. The summed E-state index contributed by atoms with van der Waals surface area (Å²) < 4.78 is 5.97. The van der Waals surface area contributed by atoms with Crippen LogP contribution in [-0.2, 0) is 6.54 Å². The molecular formula is C20H34N4O. The lowest BCUT2D eigenvalue weighted by atomic mass is 10.2. The van der Waals surface area contributed by atoms with E-state index in [1.165, 1.54) is 18.4 Å². The highest BCUT2D eigenvalue weighted by molar-refractivity contribution is 5.79. The second kappa shape index (κ2) is 11.0. The van der Waals surface area contributed by atoms with Crippen LogP contribution in [0.1, 0.15) is 38.7 Å². The standard InChI is InChI=1S/C20H34N4O/c1-4-24(5-2)14-8-13-22-20(21-3)23-15-18-9-6-7-10-19(18)25-16-17-11-12-17/h6-7,9-10,17H,4-5,8,11-16H2,1-3H3,(H2,21,22,23). The molecule has 2 N–H and O–H groups in total. The number of nitrogens with zero attached hydrogens (tertiary/aromatic N) is 2. The van der Waals surface area contributed by atoms with E-state index in [4.69, 9.17) is 4.74 Å². The van der Waals surface area contributed by atoms with Crippen LogP contribution in [-0.4, -0.2) is 50.7 Å². The van der Waals surface area contributed by atoms with Crippen LogP contribution in [0, 0.1) is 5.92 Å². The van der Waals surface area contributed by atoms with E-state index in [9.17, 15) is 0 Å². The molecule has 1 aliphatic rings. The first-order valence-corrected chi connectivity index (χ1v) is 9.64. The summed E-state index contributed by atoms with van der Waals surface area (Å²) in [6.45, 7) is 10.2. The van der Waals surface area contributed by atoms with Crippen molar-refractivity contribution >= 4 is 5.96 Å². The van der Waals surface area contributed by atoms with E-state index < -0.39 is 0 Å². The van der Waals surface area contributed by atoms with Crippen molar-refractivity contribution in [2.24, 2.45) is 10.9 Å². The number of rotatable bonds is 11. The normalized spacial score (nSPS) is 14.6. The van der Waals surface area contributed by atoms with Crippen molar-refractivity contribution in [1.29, 1.82) is 0 Å². The van der Waals surface area contributed by atoms with Crippen molar-refractivity contribution in [1.82, 2.24) is 15.5 Å². The quantitative estimate of drug-likeness (QED) is 0.367. The van der Waals surface area contributed by atoms with Crippen molar-refractivity contribution in [2.45, 2.75) is 39.7 Å². The van der Waals surface area contributed by atoms with Crippen molar-refractivity contribution in [3.63, 3.8) is 0 Å². The number of ether oxygens (including phenoxy) is 1. The van der Waals surface area contributed by atoms with Gasteiger partial charge in [-0.15, -0.1) is 0 Å². The average molecular weight is 347 g/mol. The van der Waals surface area contributed by atoms with Gasteiger partial charge in [0.1, 0.15) is 5.75 Å². The van der Waals surface area contributed by atoms with Gasteiger partial charge in [0.15, 0.2) is 5.96 Å². The van der Waals surface area contributed by atoms with Crippen molar-refractivity contribution < 1.29 is 4.74 Å². The first-order valence-electron chi connectivity index (χ1n) is 9.64. The summed E-state index contributed by atoms with van der Waals surface area (Å²) in [5.41, 5.74) is 1.18. The molecule has 5 heteroatoms. The lowest BCUT2D eigenvalue weighted by Crippen LogP contribution is -2.38. The number of para-hydroxylation sites is 1. The zero-order chi connectivity index (χ0) is 17.9. The van der Waals surface area contributed by atoms with Crippen LogP contribution < -0.4 is 15.4 Å². The van der Waals surface area contributed by atoms with Crippen LogP contribution in [0.25, 0.3) is 0 Å². The van der Waals surface area contributed by atoms with Gasteiger partial charge >= 0.3 is 0 Å². The predicted octanol–water partition coefficient (Wildman–Crippen LogP) is 2.87. The summed E-state index contributed by atoms with van der Waals surface area (Å²) in [6.07, 6.45) is 3.73. The Morgan fingerprint density at radius 2 is 1.96 bits per heavy atom. The van der Waals surface area contributed by atoms with Crippen molar-refractivity contribution in [3.05, 3.63) is 29.8 Å². The minimum Gasteiger partial charge on any atom is -0.493 e. The highest BCUT2D eigenvalue weighted by Gasteiger charge is 2.22. The lowest BCUT2D eigenvalue weighted by molar-refractivity contribution is 0.296. The van der Waals surface area contributed by atoms with Gasteiger partial charge in [-0.05, 0) is 50.9 Å². The largest absolute Gasteiger partial charge is 0.493 e. The van der Waals surface area contributed by atoms with Crippen molar-refractivity contribution in [3.8, 4) is 5.75 Å². The number of aliphatic imine (C=N–C) groups is 1. The van der Waals surface area contributed by atoms with Crippen LogP contribution in [0.4, 0.5) is 0 Å². The van der Waals surface area contributed by atoms with E-state index in [2.05, 4.69) is 52.6 Å². The highest BCUT2D eigenvalue weighted by Crippen LogP contribution is 2.30. The van der Waals surface area contributed by atoms with Gasteiger partial charge in [0.2, 0.25) is 0 Å². The first-order chi connectivity index (χ1) is 12.3. The van der Waals surface area contributed by atoms with E-state index in [1.54, 1.807) is 0 Å². The molecule has 25 heavy (non-hydrogen) atoms. The summed E-state index contributed by atoms with van der Waals surface area (Å²) in [4.78, 5) is 6.75. The molecule has 0 aromatic heterocycles. The molecule has 1 aromatic carbocycles. The van der Waals surface area contributed by atoms with Crippen LogP contribution in [0.2, 0.25) is 0 Å². The summed E-state index contributed by atoms with van der Waals surface area (Å²) in [6, 6.07) is 8.26. The maximum absolute atomic E-state index is 5.97. The highest BCUT2D eigenvalue weighted by atomic mass is 16.5. The molecule has 140 valence electrons. The first kappa shape index (κ1) is 19.6. The van der Waals surface area contributed by atoms with Gasteiger partial charge in [-0.25, -0.2) is 0 Å². The molecule has 2 rings (SSSR count). The van der Waals surface area contributed by atoms with Gasteiger partial charge in [0.05, 0.1) is 6.61 Å². The summed E-state index contributed by atoms with van der Waals surface area (Å²) in [7, 11) is 1.81. The maximum Gasteiger partial charge on any atom is 0.191 e. The minimum atomic E-state index is 0.719. The second-order valence-electron chi connectivity index (χ2n) is 6.60. The van der Waals surface area contributed by atoms with Crippen LogP contribution in [0.3, 0.4) is 0 Å². The Bertz CT molecular complexity index is 524. The van der Waals surface area contributed by atoms with Crippen LogP contribution >= 0.6 is 0 Å². The Hall–Kier alpha value is -1.75. The number of guanidine groups is 1. The molecule has 1 saturated carbocycles. The molecule has 1 aromatic rings. The zero-order valence-corrected chi connectivity index (χ0v) is 16.1. The lowest BCUT2D eigenvalue weighted by Gasteiger charge is -2.18. The predicted molar refractivity (Wildman–Crippen MR) is 105 cm³/mol. The molecule has 0 radical (unpaired) electrons. The van der Waals surface area contributed by atoms with Crippen LogP contribution in [0.5, 0.6) is 5.75 Å². The topological polar surface area (TPSA) is 48.9 Å². The van der Waals surface area contributed by atoms with E-state index in [0.29, 0.717) is 0 Å². The van der Waals surface area contributed by atoms with Gasteiger partial charge in [-0.1, -0.05) is 32.0 Å². The van der Waals surface area contributed by atoms with Gasteiger partial charge in [-0.3, -0.25) is 4.99 Å². The molecule has 1 fully saturated rings. The van der Waals surface area contributed by atoms with E-state index >= 15 is 0 Å². The number of hydrogen-bond donors (Lipinski definition) is 2. The minimum absolute atomic E-state index is 0.719. The third-order valence-corrected chi connectivity index (χ3v) is 4.65. The fourth-order valence-corrected chi connectivity index (χ4v) is 2.73. The molecule has 0 heterocycles. The van der Waals surface area contributed by atoms with Gasteiger partial charge in [-0.2, -0.15) is 0 Å². The summed E-state index contributed by atoms with van der Waals surface area (Å²) >= 11 is 0. The average Bonchev–Trinajstić information content (AvgIpc) is 3.47. The third-order valence-electron chi connectivity index (χ3n) is 4.65. The monoisotopic (exact) mass is 346 g/mol. The molecule has 5 nitrogen and oxygen atoms in total. The van der Waals surface area contributed by atoms with Crippen molar-refractivity contribution in [2.75, 3.05) is 39.8 Å². The van der Waals surface area contributed by atoms with Gasteiger partial charge in [0.25, 0.3) is 0 Å².